The molecular weight excluding hydrogens is 290 g/mol. The summed E-state index contributed by atoms with van der Waals surface area (Å²) in [5, 5.41) is 3.48. The number of methoxy groups -OCH3 is 2. The molecule has 0 amide bonds. The van der Waals surface area contributed by atoms with E-state index < -0.39 is 0 Å². The molecule has 0 spiro atoms. The van der Waals surface area contributed by atoms with Gasteiger partial charge in [-0.05, 0) is 35.2 Å². The molecule has 4 nitrogen and oxygen atoms in total. The Hall–Kier alpha value is -2.04. The first-order valence-electron chi connectivity index (χ1n) is 7.93. The highest BCUT2D eigenvalue weighted by Gasteiger charge is 2.19. The van der Waals surface area contributed by atoms with Gasteiger partial charge in [-0.15, -0.1) is 0 Å². The van der Waals surface area contributed by atoms with Gasteiger partial charge in [-0.2, -0.15) is 0 Å². The summed E-state index contributed by atoms with van der Waals surface area (Å²) >= 11 is 0. The third-order valence-electron chi connectivity index (χ3n) is 4.20. The molecule has 122 valence electrons. The predicted octanol–water partition coefficient (Wildman–Crippen LogP) is 3.11. The van der Waals surface area contributed by atoms with Crippen LogP contribution in [0.1, 0.15) is 22.8 Å². The largest absolute Gasteiger partial charge is 0.493 e. The number of hydrogen-bond donors (Lipinski definition) is 1. The van der Waals surface area contributed by atoms with Crippen molar-refractivity contribution >= 4 is 0 Å². The lowest BCUT2D eigenvalue weighted by atomic mass is 9.97. The van der Waals surface area contributed by atoms with E-state index in [2.05, 4.69) is 29.6 Å². The maximum absolute atomic E-state index is 5.92. The van der Waals surface area contributed by atoms with Crippen LogP contribution in [0, 0.1) is 0 Å². The molecule has 0 unspecified atom stereocenters. The van der Waals surface area contributed by atoms with Crippen molar-refractivity contribution in [1.29, 1.82) is 0 Å². The highest BCUT2D eigenvalue weighted by molar-refractivity contribution is 5.42. The molecule has 1 atom stereocenters. The van der Waals surface area contributed by atoms with E-state index in [1.54, 1.807) is 14.2 Å². The minimum absolute atomic E-state index is 0.125. The second-order valence-corrected chi connectivity index (χ2v) is 5.63. The molecule has 23 heavy (non-hydrogen) atoms. The second kappa shape index (κ2) is 7.49. The van der Waals surface area contributed by atoms with Gasteiger partial charge in [0.1, 0.15) is 0 Å². The van der Waals surface area contributed by atoms with Crippen LogP contribution in [0.5, 0.6) is 11.5 Å². The van der Waals surface area contributed by atoms with E-state index in [9.17, 15) is 0 Å². The fourth-order valence-electron chi connectivity index (χ4n) is 2.98. The summed E-state index contributed by atoms with van der Waals surface area (Å²) < 4.78 is 16.5. The number of fused-ring (bicyclic) bond motifs is 1. The Morgan fingerprint density at radius 3 is 2.74 bits per heavy atom. The Kier molecular flexibility index (Phi) is 5.16. The standard InChI is InChI=1S/C19H23NO3/c1-21-17-8-7-14(11-18(17)22-2)12-20-13-19-16-6-4-3-5-15(16)9-10-23-19/h3-8,11,19-20H,9-10,12-13H2,1-2H3/t19-/m1/s1. The van der Waals surface area contributed by atoms with Crippen LogP contribution in [-0.2, 0) is 17.7 Å². The number of nitrogens with one attached hydrogen (secondary N) is 1. The zero-order chi connectivity index (χ0) is 16.1. The van der Waals surface area contributed by atoms with E-state index >= 15 is 0 Å². The average Bonchev–Trinajstić information content (AvgIpc) is 2.61. The summed E-state index contributed by atoms with van der Waals surface area (Å²) in [6.45, 7) is 2.35. The summed E-state index contributed by atoms with van der Waals surface area (Å²) in [6.07, 6.45) is 1.13. The summed E-state index contributed by atoms with van der Waals surface area (Å²) in [4.78, 5) is 0. The molecule has 2 aromatic rings. The van der Waals surface area contributed by atoms with Gasteiger partial charge in [0.2, 0.25) is 0 Å². The lowest BCUT2D eigenvalue weighted by molar-refractivity contribution is 0.0423. The molecule has 4 heteroatoms. The molecule has 0 fully saturated rings. The van der Waals surface area contributed by atoms with Crippen LogP contribution in [0.25, 0.3) is 0 Å². The fraction of sp³-hybridized carbons (Fsp3) is 0.368. The van der Waals surface area contributed by atoms with Gasteiger partial charge in [0.05, 0.1) is 26.9 Å². The number of ether oxygens (including phenoxy) is 3. The molecule has 3 rings (SSSR count). The highest BCUT2D eigenvalue weighted by Crippen LogP contribution is 2.28. The van der Waals surface area contributed by atoms with Crippen molar-refractivity contribution in [2.45, 2.75) is 19.1 Å². The Morgan fingerprint density at radius 2 is 1.91 bits per heavy atom. The molecule has 0 saturated heterocycles. The van der Waals surface area contributed by atoms with Crippen molar-refractivity contribution in [2.24, 2.45) is 0 Å². The Labute approximate surface area is 137 Å². The summed E-state index contributed by atoms with van der Waals surface area (Å²) in [5.41, 5.74) is 3.86. The predicted molar refractivity (Wildman–Crippen MR) is 90.1 cm³/mol. The summed E-state index contributed by atoms with van der Waals surface area (Å²) in [5.74, 6) is 1.51. The average molecular weight is 313 g/mol. The first-order valence-corrected chi connectivity index (χ1v) is 7.93. The summed E-state index contributed by atoms with van der Waals surface area (Å²) in [7, 11) is 3.30. The van der Waals surface area contributed by atoms with Crippen LogP contribution in [0.3, 0.4) is 0 Å². The maximum Gasteiger partial charge on any atom is 0.161 e. The van der Waals surface area contributed by atoms with Crippen molar-refractivity contribution in [3.63, 3.8) is 0 Å². The minimum atomic E-state index is 0.125. The normalized spacial score (nSPS) is 16.7. The Bertz CT molecular complexity index is 657. The van der Waals surface area contributed by atoms with Crippen LogP contribution >= 0.6 is 0 Å². The first-order chi connectivity index (χ1) is 11.3. The maximum atomic E-state index is 5.92. The van der Waals surface area contributed by atoms with Crippen LogP contribution < -0.4 is 14.8 Å². The summed E-state index contributed by atoms with van der Waals surface area (Å²) in [6, 6.07) is 14.5. The van der Waals surface area contributed by atoms with Gasteiger partial charge in [0.25, 0.3) is 0 Å². The van der Waals surface area contributed by atoms with Crippen LogP contribution in [0.2, 0.25) is 0 Å². The van der Waals surface area contributed by atoms with E-state index in [4.69, 9.17) is 14.2 Å². The highest BCUT2D eigenvalue weighted by atomic mass is 16.5. The second-order valence-electron chi connectivity index (χ2n) is 5.63. The van der Waals surface area contributed by atoms with Crippen LogP contribution in [-0.4, -0.2) is 27.4 Å². The zero-order valence-electron chi connectivity index (χ0n) is 13.7. The Balaban J connectivity index is 1.60. The first kappa shape index (κ1) is 15.8. The van der Waals surface area contributed by atoms with E-state index in [-0.39, 0.29) is 6.10 Å². The van der Waals surface area contributed by atoms with E-state index in [1.807, 2.05) is 18.2 Å². The molecule has 1 aliphatic heterocycles. The number of rotatable bonds is 6. The van der Waals surface area contributed by atoms with Crippen LogP contribution in [0.4, 0.5) is 0 Å². The number of hydrogen-bond acceptors (Lipinski definition) is 4. The van der Waals surface area contributed by atoms with Gasteiger partial charge in [-0.3, -0.25) is 0 Å². The van der Waals surface area contributed by atoms with Crippen molar-refractivity contribution in [3.05, 3.63) is 59.2 Å². The molecule has 0 aromatic heterocycles. The van der Waals surface area contributed by atoms with Gasteiger partial charge < -0.3 is 19.5 Å². The number of benzene rings is 2. The lowest BCUT2D eigenvalue weighted by Crippen LogP contribution is -2.27. The van der Waals surface area contributed by atoms with Crippen LogP contribution in [0.15, 0.2) is 42.5 Å². The molecule has 0 radical (unpaired) electrons. The van der Waals surface area contributed by atoms with E-state index in [0.717, 1.165) is 43.2 Å². The third-order valence-corrected chi connectivity index (χ3v) is 4.20. The molecule has 1 heterocycles. The van der Waals surface area contributed by atoms with Crippen molar-refractivity contribution in [1.82, 2.24) is 5.32 Å². The van der Waals surface area contributed by atoms with Gasteiger partial charge in [-0.1, -0.05) is 30.3 Å². The van der Waals surface area contributed by atoms with Crippen molar-refractivity contribution < 1.29 is 14.2 Å². The molecule has 0 saturated carbocycles. The molecule has 0 bridgehead atoms. The zero-order valence-corrected chi connectivity index (χ0v) is 13.7. The van der Waals surface area contributed by atoms with Gasteiger partial charge in [0, 0.05) is 13.1 Å². The van der Waals surface area contributed by atoms with Crippen molar-refractivity contribution in [3.8, 4) is 11.5 Å². The SMILES string of the molecule is COc1ccc(CNC[C@H]2OCCc3ccccc32)cc1OC. The molecule has 1 N–H and O–H groups in total. The molecular formula is C19H23NO3. The minimum Gasteiger partial charge on any atom is -0.493 e. The lowest BCUT2D eigenvalue weighted by Gasteiger charge is -2.26. The quantitative estimate of drug-likeness (QED) is 0.889. The smallest absolute Gasteiger partial charge is 0.161 e. The molecule has 1 aliphatic rings. The molecule has 2 aromatic carbocycles. The molecule has 0 aliphatic carbocycles. The van der Waals surface area contributed by atoms with Gasteiger partial charge >= 0.3 is 0 Å². The third kappa shape index (κ3) is 3.66. The monoisotopic (exact) mass is 313 g/mol. The fourth-order valence-corrected chi connectivity index (χ4v) is 2.98. The van der Waals surface area contributed by atoms with Gasteiger partial charge in [0.15, 0.2) is 11.5 Å². The van der Waals surface area contributed by atoms with E-state index in [0.29, 0.717) is 0 Å². The topological polar surface area (TPSA) is 39.7 Å². The van der Waals surface area contributed by atoms with Gasteiger partial charge in [-0.25, -0.2) is 0 Å². The van der Waals surface area contributed by atoms with E-state index in [1.165, 1.54) is 11.1 Å². The van der Waals surface area contributed by atoms with Crippen molar-refractivity contribution in [2.75, 3.05) is 27.4 Å². The Morgan fingerprint density at radius 1 is 1.09 bits per heavy atom.